The van der Waals surface area contributed by atoms with Gasteiger partial charge in [-0.1, -0.05) is 13.8 Å². The first-order chi connectivity index (χ1) is 10.7. The molecule has 0 bridgehead atoms. The lowest BCUT2D eigenvalue weighted by Gasteiger charge is -2.32. The van der Waals surface area contributed by atoms with E-state index in [1.54, 1.807) is 6.07 Å². The Kier molecular flexibility index (Phi) is 6.04. The fourth-order valence-corrected chi connectivity index (χ4v) is 2.96. The summed E-state index contributed by atoms with van der Waals surface area (Å²) in [5.74, 6) is 0.796. The van der Waals surface area contributed by atoms with Gasteiger partial charge in [-0.15, -0.1) is 0 Å². The average Bonchev–Trinajstić information content (AvgIpc) is 3.08. The summed E-state index contributed by atoms with van der Waals surface area (Å²) in [6.07, 6.45) is 6.66. The van der Waals surface area contributed by atoms with Crippen molar-refractivity contribution in [3.8, 4) is 0 Å². The molecule has 5 nitrogen and oxygen atoms in total. The summed E-state index contributed by atoms with van der Waals surface area (Å²) < 4.78 is 4.96. The topological polar surface area (TPSA) is 62.6 Å². The molecule has 122 valence electrons. The SMILES string of the molecule is CCC(CC)C(=O)NCC1CCN(C(=O)c2ccoc2)CC1. The van der Waals surface area contributed by atoms with Gasteiger partial charge in [0.1, 0.15) is 6.26 Å². The number of amides is 2. The fourth-order valence-electron chi connectivity index (χ4n) is 2.96. The van der Waals surface area contributed by atoms with Crippen molar-refractivity contribution in [2.24, 2.45) is 11.8 Å². The number of carbonyl (C=O) groups excluding carboxylic acids is 2. The van der Waals surface area contributed by atoms with E-state index in [0.29, 0.717) is 11.5 Å². The zero-order valence-electron chi connectivity index (χ0n) is 13.5. The highest BCUT2D eigenvalue weighted by Gasteiger charge is 2.25. The van der Waals surface area contributed by atoms with Gasteiger partial charge >= 0.3 is 0 Å². The first-order valence-corrected chi connectivity index (χ1v) is 8.24. The maximum absolute atomic E-state index is 12.2. The molecule has 5 heteroatoms. The van der Waals surface area contributed by atoms with E-state index in [4.69, 9.17) is 4.42 Å². The molecule has 0 atom stereocenters. The maximum Gasteiger partial charge on any atom is 0.257 e. The second-order valence-corrected chi connectivity index (χ2v) is 6.01. The summed E-state index contributed by atoms with van der Waals surface area (Å²) >= 11 is 0. The lowest BCUT2D eigenvalue weighted by atomic mass is 9.95. The largest absolute Gasteiger partial charge is 0.472 e. The van der Waals surface area contributed by atoms with Crippen molar-refractivity contribution in [1.29, 1.82) is 0 Å². The van der Waals surface area contributed by atoms with Crippen LogP contribution in [0.5, 0.6) is 0 Å². The van der Waals surface area contributed by atoms with E-state index in [1.807, 2.05) is 18.7 Å². The number of rotatable bonds is 6. The number of hydrogen-bond donors (Lipinski definition) is 1. The van der Waals surface area contributed by atoms with E-state index in [9.17, 15) is 9.59 Å². The summed E-state index contributed by atoms with van der Waals surface area (Å²) in [7, 11) is 0. The molecule has 22 heavy (non-hydrogen) atoms. The lowest BCUT2D eigenvalue weighted by molar-refractivity contribution is -0.125. The number of piperidine rings is 1. The highest BCUT2D eigenvalue weighted by molar-refractivity contribution is 5.93. The fraction of sp³-hybridized carbons (Fsp3) is 0.647. The molecule has 0 aromatic carbocycles. The van der Waals surface area contributed by atoms with Crippen LogP contribution in [-0.2, 0) is 4.79 Å². The van der Waals surface area contributed by atoms with Crippen molar-refractivity contribution in [2.75, 3.05) is 19.6 Å². The molecule has 1 saturated heterocycles. The molecule has 2 rings (SSSR count). The zero-order chi connectivity index (χ0) is 15.9. The average molecular weight is 306 g/mol. The van der Waals surface area contributed by atoms with Crippen LogP contribution in [0.1, 0.15) is 49.9 Å². The van der Waals surface area contributed by atoms with Crippen LogP contribution in [-0.4, -0.2) is 36.3 Å². The van der Waals surface area contributed by atoms with Crippen molar-refractivity contribution in [1.82, 2.24) is 10.2 Å². The molecule has 0 spiro atoms. The predicted molar refractivity (Wildman–Crippen MR) is 84.4 cm³/mol. The highest BCUT2D eigenvalue weighted by atomic mass is 16.3. The van der Waals surface area contributed by atoms with Crippen LogP contribution in [0.25, 0.3) is 0 Å². The number of nitrogens with zero attached hydrogens (tertiary/aromatic N) is 1. The third kappa shape index (κ3) is 4.12. The Morgan fingerprint density at radius 3 is 2.55 bits per heavy atom. The minimum Gasteiger partial charge on any atom is -0.472 e. The van der Waals surface area contributed by atoms with Crippen LogP contribution in [0.15, 0.2) is 23.0 Å². The van der Waals surface area contributed by atoms with E-state index in [0.717, 1.165) is 45.3 Å². The second-order valence-electron chi connectivity index (χ2n) is 6.01. The molecule has 1 aromatic rings. The Morgan fingerprint density at radius 1 is 1.32 bits per heavy atom. The van der Waals surface area contributed by atoms with Gasteiger partial charge in [0.05, 0.1) is 11.8 Å². The molecule has 1 fully saturated rings. The lowest BCUT2D eigenvalue weighted by Crippen LogP contribution is -2.42. The van der Waals surface area contributed by atoms with Crippen LogP contribution in [0.4, 0.5) is 0 Å². The Labute approximate surface area is 132 Å². The monoisotopic (exact) mass is 306 g/mol. The number of furan rings is 1. The van der Waals surface area contributed by atoms with Gasteiger partial charge < -0.3 is 14.6 Å². The molecule has 1 N–H and O–H groups in total. The van der Waals surface area contributed by atoms with E-state index < -0.39 is 0 Å². The molecule has 0 aliphatic carbocycles. The Balaban J connectivity index is 1.73. The van der Waals surface area contributed by atoms with Gasteiger partial charge in [-0.25, -0.2) is 0 Å². The summed E-state index contributed by atoms with van der Waals surface area (Å²) in [5.41, 5.74) is 0.612. The summed E-state index contributed by atoms with van der Waals surface area (Å²) in [5, 5.41) is 3.07. The Hall–Kier alpha value is -1.78. The quantitative estimate of drug-likeness (QED) is 0.879. The molecule has 0 saturated carbocycles. The molecule has 1 aliphatic heterocycles. The van der Waals surface area contributed by atoms with Gasteiger partial charge in [-0.05, 0) is 37.7 Å². The Bertz CT molecular complexity index is 472. The minimum atomic E-state index is 0.0354. The third-order valence-electron chi connectivity index (χ3n) is 4.59. The molecular formula is C17H26N2O3. The van der Waals surface area contributed by atoms with Crippen LogP contribution < -0.4 is 5.32 Å². The third-order valence-corrected chi connectivity index (χ3v) is 4.59. The highest BCUT2D eigenvalue weighted by Crippen LogP contribution is 2.19. The van der Waals surface area contributed by atoms with E-state index in [2.05, 4.69) is 5.32 Å². The van der Waals surface area contributed by atoms with Gasteiger partial charge in [-0.2, -0.15) is 0 Å². The van der Waals surface area contributed by atoms with Crippen molar-refractivity contribution in [3.05, 3.63) is 24.2 Å². The molecule has 1 aliphatic rings. The first kappa shape index (κ1) is 16.6. The van der Waals surface area contributed by atoms with E-state index >= 15 is 0 Å². The van der Waals surface area contributed by atoms with Crippen LogP contribution in [0, 0.1) is 11.8 Å². The Morgan fingerprint density at radius 2 is 2.00 bits per heavy atom. The molecule has 2 amide bonds. The summed E-state index contributed by atoms with van der Waals surface area (Å²) in [4.78, 5) is 26.1. The van der Waals surface area contributed by atoms with E-state index in [1.165, 1.54) is 12.5 Å². The molecule has 1 aromatic heterocycles. The predicted octanol–water partition coefficient (Wildman–Crippen LogP) is 2.68. The van der Waals surface area contributed by atoms with Crippen LogP contribution >= 0.6 is 0 Å². The van der Waals surface area contributed by atoms with Crippen LogP contribution in [0.3, 0.4) is 0 Å². The van der Waals surface area contributed by atoms with Gasteiger partial charge in [0.2, 0.25) is 5.91 Å². The van der Waals surface area contributed by atoms with E-state index in [-0.39, 0.29) is 17.7 Å². The zero-order valence-corrected chi connectivity index (χ0v) is 13.5. The van der Waals surface area contributed by atoms with Crippen molar-refractivity contribution < 1.29 is 14.0 Å². The normalized spacial score (nSPS) is 16.0. The smallest absolute Gasteiger partial charge is 0.257 e. The van der Waals surface area contributed by atoms with Gasteiger partial charge in [0.15, 0.2) is 0 Å². The molecule has 0 radical (unpaired) electrons. The second kappa shape index (κ2) is 8.01. The standard InChI is InChI=1S/C17H26N2O3/c1-3-14(4-2)16(20)18-11-13-5-8-19(9-6-13)17(21)15-7-10-22-12-15/h7,10,12-14H,3-6,8-9,11H2,1-2H3,(H,18,20). The summed E-state index contributed by atoms with van der Waals surface area (Å²) in [6, 6.07) is 1.70. The number of nitrogens with one attached hydrogen (secondary N) is 1. The van der Waals surface area contributed by atoms with Gasteiger partial charge in [0, 0.05) is 25.6 Å². The first-order valence-electron chi connectivity index (χ1n) is 8.24. The van der Waals surface area contributed by atoms with Gasteiger partial charge in [-0.3, -0.25) is 9.59 Å². The van der Waals surface area contributed by atoms with Crippen molar-refractivity contribution >= 4 is 11.8 Å². The van der Waals surface area contributed by atoms with Gasteiger partial charge in [0.25, 0.3) is 5.91 Å². The minimum absolute atomic E-state index is 0.0354. The van der Waals surface area contributed by atoms with Crippen molar-refractivity contribution in [2.45, 2.75) is 39.5 Å². The maximum atomic E-state index is 12.2. The molecule has 2 heterocycles. The number of carbonyl (C=O) groups is 2. The molecular weight excluding hydrogens is 280 g/mol. The van der Waals surface area contributed by atoms with Crippen LogP contribution in [0.2, 0.25) is 0 Å². The summed E-state index contributed by atoms with van der Waals surface area (Å²) in [6.45, 7) is 6.32. The molecule has 0 unspecified atom stereocenters. The number of likely N-dealkylation sites (tertiary alicyclic amines) is 1. The van der Waals surface area contributed by atoms with Crippen molar-refractivity contribution in [3.63, 3.8) is 0 Å². The number of hydrogen-bond acceptors (Lipinski definition) is 3.